The largest absolute Gasteiger partial charge is 0.768 e. The van der Waals surface area contributed by atoms with Crippen LogP contribution in [0.25, 0.3) is 0 Å². The Morgan fingerprint density at radius 1 is 1.60 bits per heavy atom. The fraction of sp³-hybridized carbons (Fsp3) is 1.00. The number of nitrogens with two attached hydrogens (primary N) is 1. The highest BCUT2D eigenvalue weighted by Crippen LogP contribution is 1.89. The second-order valence-corrected chi connectivity index (χ2v) is 2.77. The molecule has 0 aromatic rings. The zero-order chi connectivity index (χ0) is 7.98. The van der Waals surface area contributed by atoms with Crippen LogP contribution in [0.3, 0.4) is 0 Å². The van der Waals surface area contributed by atoms with E-state index < -0.39 is 15.4 Å². The molecule has 0 bridgehead atoms. The van der Waals surface area contributed by atoms with Gasteiger partial charge in [-0.3, -0.25) is 10.2 Å². The molecule has 0 rings (SSSR count). The Hall–Kier alpha value is -0.423. The summed E-state index contributed by atoms with van der Waals surface area (Å²) in [6, 6.07) is 0. The maximum absolute atomic E-state index is 10.7. The van der Waals surface area contributed by atoms with Crippen molar-refractivity contribution in [3.63, 3.8) is 0 Å². The second kappa shape index (κ2) is 5.37. The van der Waals surface area contributed by atoms with Crippen LogP contribution in [0.5, 0.6) is 0 Å². The van der Waals surface area contributed by atoms with Gasteiger partial charge in [0.2, 0.25) is 0 Å². The summed E-state index contributed by atoms with van der Waals surface area (Å²) in [6.07, 6.45) is 0.182. The van der Waals surface area contributed by atoms with Gasteiger partial charge in [-0.2, -0.15) is 0 Å². The van der Waals surface area contributed by atoms with Crippen molar-refractivity contribution < 1.29 is 13.3 Å². The zero-order valence-corrected chi connectivity index (χ0v) is 7.29. The fourth-order valence-electron chi connectivity index (χ4n) is 0.359. The van der Waals surface area contributed by atoms with Crippen LogP contribution in [0, 0.1) is 0 Å². The Morgan fingerprint density at radius 2 is 2.20 bits per heavy atom. The first-order valence-electron chi connectivity index (χ1n) is 3.29. The lowest BCUT2D eigenvalue weighted by atomic mass is 10.5. The highest BCUT2D eigenvalue weighted by atomic mass is 28.3. The summed E-state index contributed by atoms with van der Waals surface area (Å²) >= 11 is 0. The Labute approximate surface area is 62.2 Å². The molecule has 2 N–H and O–H groups in total. The summed E-state index contributed by atoms with van der Waals surface area (Å²) in [5.41, 5.74) is 5.33. The molecule has 5 heteroatoms. The third kappa shape index (κ3) is 4.46. The van der Waals surface area contributed by atoms with Crippen LogP contribution >= 0.6 is 0 Å². The van der Waals surface area contributed by atoms with Crippen LogP contribution in [0.2, 0.25) is 0 Å². The lowest BCUT2D eigenvalue weighted by Gasteiger charge is -2.08. The molecule has 0 heterocycles. The number of hydrogen-bond acceptors (Lipinski definition) is 4. The van der Waals surface area contributed by atoms with Crippen LogP contribution in [0.15, 0.2) is 0 Å². The van der Waals surface area contributed by atoms with Crippen molar-refractivity contribution in [1.82, 2.24) is 0 Å². The van der Waals surface area contributed by atoms with Gasteiger partial charge in [-0.25, -0.2) is 0 Å². The van der Waals surface area contributed by atoms with Crippen molar-refractivity contribution in [1.29, 1.82) is 0 Å². The van der Waals surface area contributed by atoms with Gasteiger partial charge in [-0.1, -0.05) is 6.92 Å². The van der Waals surface area contributed by atoms with Gasteiger partial charge >= 0.3 is 9.17 Å². The molecule has 0 saturated heterocycles. The maximum atomic E-state index is 10.7. The molecular formula is C5H13NO3Si. The highest BCUT2D eigenvalue weighted by molar-refractivity contribution is 6.26. The van der Waals surface area contributed by atoms with Gasteiger partial charge in [-0.15, -0.1) is 0 Å². The van der Waals surface area contributed by atoms with Gasteiger partial charge < -0.3 is 8.85 Å². The Kier molecular flexibility index (Phi) is 5.14. The van der Waals surface area contributed by atoms with Crippen LogP contribution in [0.4, 0.5) is 0 Å². The summed E-state index contributed by atoms with van der Waals surface area (Å²) < 4.78 is 20.1. The molecule has 1 unspecified atom stereocenters. The van der Waals surface area contributed by atoms with E-state index in [4.69, 9.17) is 10.2 Å². The molecule has 10 heavy (non-hydrogen) atoms. The Bertz CT molecular complexity index is 109. The molecular weight excluding hydrogens is 150 g/mol. The topological polar surface area (TPSA) is 61.5 Å². The first-order chi connectivity index (χ1) is 4.70. The third-order valence-corrected chi connectivity index (χ3v) is 1.93. The minimum absolute atomic E-state index is 0.397. The standard InChI is InChI=1S/C5H13NO3Si/c1-3-5(6)9-10(7)8-4-2/h5H,3-4,6H2,1-2H3. The number of rotatable bonds is 5. The lowest BCUT2D eigenvalue weighted by molar-refractivity contribution is 0.120. The summed E-state index contributed by atoms with van der Waals surface area (Å²) in [4.78, 5) is 0. The monoisotopic (exact) mass is 163 g/mol. The average Bonchev–Trinajstić information content (AvgIpc) is 1.88. The molecule has 0 amide bonds. The van der Waals surface area contributed by atoms with E-state index in [1.54, 1.807) is 6.92 Å². The molecule has 0 aliphatic rings. The van der Waals surface area contributed by atoms with Crippen LogP contribution in [-0.4, -0.2) is 22.0 Å². The van der Waals surface area contributed by atoms with Crippen molar-refractivity contribution in [3.8, 4) is 0 Å². The molecule has 0 aliphatic carbocycles. The molecule has 0 aromatic heterocycles. The minimum atomic E-state index is -2.33. The smallest absolute Gasteiger partial charge is 0.496 e. The maximum Gasteiger partial charge on any atom is 0.768 e. The molecule has 0 spiro atoms. The molecule has 60 valence electrons. The van der Waals surface area contributed by atoms with E-state index in [1.165, 1.54) is 0 Å². The van der Waals surface area contributed by atoms with Crippen LogP contribution < -0.4 is 5.73 Å². The van der Waals surface area contributed by atoms with E-state index in [-0.39, 0.29) is 0 Å². The predicted octanol–water partition coefficient (Wildman–Crippen LogP) is 0.150. The number of hydrogen-bond donors (Lipinski definition) is 1. The Balaban J connectivity index is 3.37. The summed E-state index contributed by atoms with van der Waals surface area (Å²) in [5, 5.41) is 0. The highest BCUT2D eigenvalue weighted by Gasteiger charge is 2.12. The van der Waals surface area contributed by atoms with Crippen LogP contribution in [0.1, 0.15) is 20.3 Å². The van der Waals surface area contributed by atoms with Crippen LogP contribution in [-0.2, 0) is 13.3 Å². The van der Waals surface area contributed by atoms with E-state index in [2.05, 4.69) is 4.43 Å². The molecule has 0 radical (unpaired) electrons. The van der Waals surface area contributed by atoms with Gasteiger partial charge in [0.25, 0.3) is 0 Å². The van der Waals surface area contributed by atoms with E-state index in [1.807, 2.05) is 6.92 Å². The van der Waals surface area contributed by atoms with Gasteiger partial charge in [0.05, 0.1) is 6.61 Å². The quantitative estimate of drug-likeness (QED) is 0.463. The predicted molar refractivity (Wildman–Crippen MR) is 37.4 cm³/mol. The normalized spacial score (nSPS) is 12.3. The van der Waals surface area contributed by atoms with Crippen molar-refractivity contribution >= 4 is 9.17 Å². The summed E-state index contributed by atoms with van der Waals surface area (Å²) in [6.45, 7) is 4.00. The summed E-state index contributed by atoms with van der Waals surface area (Å²) in [5.74, 6) is 0. The van der Waals surface area contributed by atoms with Crippen molar-refractivity contribution in [2.45, 2.75) is 26.5 Å². The fourth-order valence-corrected chi connectivity index (χ4v) is 1.08. The van der Waals surface area contributed by atoms with Gasteiger partial charge in [0.1, 0.15) is 6.23 Å². The van der Waals surface area contributed by atoms with Crippen molar-refractivity contribution in [2.75, 3.05) is 6.61 Å². The van der Waals surface area contributed by atoms with E-state index >= 15 is 0 Å². The first-order valence-corrected chi connectivity index (χ1v) is 4.52. The first kappa shape index (κ1) is 9.58. The van der Waals surface area contributed by atoms with E-state index in [9.17, 15) is 4.46 Å². The molecule has 0 saturated carbocycles. The van der Waals surface area contributed by atoms with E-state index in [0.29, 0.717) is 13.0 Å². The molecule has 0 aromatic carbocycles. The second-order valence-electron chi connectivity index (χ2n) is 1.75. The van der Waals surface area contributed by atoms with Gasteiger partial charge in [0.15, 0.2) is 0 Å². The molecule has 1 atom stereocenters. The summed E-state index contributed by atoms with van der Waals surface area (Å²) in [7, 11) is -2.33. The van der Waals surface area contributed by atoms with Crippen molar-refractivity contribution in [3.05, 3.63) is 0 Å². The SMILES string of the molecule is CCO[Si](=O)OC(N)CC. The molecule has 0 aliphatic heterocycles. The van der Waals surface area contributed by atoms with Gasteiger partial charge in [0, 0.05) is 0 Å². The lowest BCUT2D eigenvalue weighted by Crippen LogP contribution is -2.28. The third-order valence-electron chi connectivity index (χ3n) is 0.912. The molecule has 4 nitrogen and oxygen atoms in total. The minimum Gasteiger partial charge on any atom is -0.496 e. The van der Waals surface area contributed by atoms with Crippen molar-refractivity contribution in [2.24, 2.45) is 5.73 Å². The zero-order valence-electron chi connectivity index (χ0n) is 6.29. The van der Waals surface area contributed by atoms with E-state index in [0.717, 1.165) is 0 Å². The average molecular weight is 163 g/mol. The van der Waals surface area contributed by atoms with Gasteiger partial charge in [-0.05, 0) is 13.3 Å². The Morgan fingerprint density at radius 3 is 2.60 bits per heavy atom. The molecule has 0 fully saturated rings.